The van der Waals surface area contributed by atoms with E-state index in [2.05, 4.69) is 34.5 Å². The van der Waals surface area contributed by atoms with Gasteiger partial charge in [-0.15, -0.1) is 0 Å². The summed E-state index contributed by atoms with van der Waals surface area (Å²) in [7, 11) is 0. The van der Waals surface area contributed by atoms with Crippen LogP contribution in [0.2, 0.25) is 0 Å². The average molecular weight is 317 g/mol. The number of benzene rings is 1. The molecule has 1 aromatic rings. The van der Waals surface area contributed by atoms with Crippen molar-refractivity contribution in [3.63, 3.8) is 0 Å². The van der Waals surface area contributed by atoms with Gasteiger partial charge in [0.25, 0.3) is 0 Å². The summed E-state index contributed by atoms with van der Waals surface area (Å²) in [6.07, 6.45) is 4.18. The Bertz CT molecular complexity index is 497. The van der Waals surface area contributed by atoms with Crippen LogP contribution in [-0.2, 0) is 17.9 Å². The number of nitrogens with zero attached hydrogens (tertiary/aromatic N) is 1. The van der Waals surface area contributed by atoms with Gasteiger partial charge < -0.3 is 11.1 Å². The minimum atomic E-state index is -0.423. The Kier molecular flexibility index (Phi) is 6.60. The number of hydrogen-bond acceptors (Lipinski definition) is 3. The van der Waals surface area contributed by atoms with Gasteiger partial charge in [0.1, 0.15) is 0 Å². The van der Waals surface area contributed by atoms with Crippen molar-refractivity contribution >= 4 is 5.91 Å². The molecule has 1 amide bonds. The van der Waals surface area contributed by atoms with E-state index in [-0.39, 0.29) is 5.91 Å². The highest BCUT2D eigenvalue weighted by atomic mass is 16.2. The van der Waals surface area contributed by atoms with Gasteiger partial charge in [0.2, 0.25) is 5.91 Å². The molecule has 1 heterocycles. The molecule has 3 N–H and O–H groups in total. The van der Waals surface area contributed by atoms with Crippen LogP contribution in [-0.4, -0.2) is 30.4 Å². The monoisotopic (exact) mass is 317 g/mol. The number of carbonyl (C=O) groups is 1. The van der Waals surface area contributed by atoms with Gasteiger partial charge in [0.05, 0.1) is 5.41 Å². The Hall–Kier alpha value is -1.39. The van der Waals surface area contributed by atoms with Crippen LogP contribution in [0.15, 0.2) is 24.3 Å². The average Bonchev–Trinajstić information content (AvgIpc) is 3.08. The summed E-state index contributed by atoms with van der Waals surface area (Å²) in [6.45, 7) is 8.47. The van der Waals surface area contributed by atoms with Crippen LogP contribution < -0.4 is 11.1 Å². The normalized spacial score (nSPS) is 15.8. The lowest BCUT2D eigenvalue weighted by Gasteiger charge is -2.28. The summed E-state index contributed by atoms with van der Waals surface area (Å²) in [5, 5.41) is 3.08. The van der Waals surface area contributed by atoms with Crippen LogP contribution in [0.25, 0.3) is 0 Å². The molecule has 23 heavy (non-hydrogen) atoms. The molecule has 4 nitrogen and oxygen atoms in total. The van der Waals surface area contributed by atoms with Gasteiger partial charge >= 0.3 is 0 Å². The summed E-state index contributed by atoms with van der Waals surface area (Å²) >= 11 is 0. The number of nitrogens with one attached hydrogen (secondary N) is 1. The number of hydrogen-bond donors (Lipinski definition) is 2. The molecule has 0 saturated carbocycles. The van der Waals surface area contributed by atoms with Gasteiger partial charge in [-0.2, -0.15) is 0 Å². The topological polar surface area (TPSA) is 58.4 Å². The largest absolute Gasteiger partial charge is 0.352 e. The third kappa shape index (κ3) is 4.55. The summed E-state index contributed by atoms with van der Waals surface area (Å²) in [6, 6.07) is 8.55. The molecule has 1 aliphatic heterocycles. The highest BCUT2D eigenvalue weighted by Gasteiger charge is 2.32. The molecule has 0 radical (unpaired) electrons. The number of carbonyl (C=O) groups excluding carboxylic acids is 1. The molecule has 1 aliphatic rings. The van der Waals surface area contributed by atoms with Crippen molar-refractivity contribution in [3.8, 4) is 0 Å². The molecular weight excluding hydrogens is 286 g/mol. The Morgan fingerprint density at radius 1 is 1.22 bits per heavy atom. The second-order valence-electron chi connectivity index (χ2n) is 6.68. The van der Waals surface area contributed by atoms with Crippen molar-refractivity contribution < 1.29 is 4.79 Å². The van der Waals surface area contributed by atoms with E-state index in [0.29, 0.717) is 13.1 Å². The molecular formula is C19H31N3O. The lowest BCUT2D eigenvalue weighted by molar-refractivity contribution is -0.131. The third-order valence-corrected chi connectivity index (χ3v) is 5.28. The first kappa shape index (κ1) is 18.0. The van der Waals surface area contributed by atoms with Gasteiger partial charge in [-0.05, 0) is 49.9 Å². The molecule has 0 bridgehead atoms. The van der Waals surface area contributed by atoms with E-state index in [4.69, 9.17) is 5.73 Å². The summed E-state index contributed by atoms with van der Waals surface area (Å²) < 4.78 is 0. The van der Waals surface area contributed by atoms with Crippen LogP contribution in [0.3, 0.4) is 0 Å². The van der Waals surface area contributed by atoms with Crippen molar-refractivity contribution in [1.82, 2.24) is 10.2 Å². The van der Waals surface area contributed by atoms with E-state index in [1.165, 1.54) is 31.5 Å². The molecule has 1 fully saturated rings. The fraction of sp³-hybridized carbons (Fsp3) is 0.632. The second-order valence-corrected chi connectivity index (χ2v) is 6.68. The van der Waals surface area contributed by atoms with E-state index >= 15 is 0 Å². The fourth-order valence-corrected chi connectivity index (χ4v) is 3.36. The summed E-state index contributed by atoms with van der Waals surface area (Å²) in [5.41, 5.74) is 7.91. The van der Waals surface area contributed by atoms with Gasteiger partial charge in [-0.3, -0.25) is 9.69 Å². The van der Waals surface area contributed by atoms with Crippen LogP contribution in [0.1, 0.15) is 50.7 Å². The van der Waals surface area contributed by atoms with Crippen molar-refractivity contribution in [3.05, 3.63) is 35.4 Å². The maximum absolute atomic E-state index is 12.5. The Labute approximate surface area is 140 Å². The Morgan fingerprint density at radius 3 is 2.48 bits per heavy atom. The van der Waals surface area contributed by atoms with Crippen molar-refractivity contribution in [1.29, 1.82) is 0 Å². The lowest BCUT2D eigenvalue weighted by atomic mass is 9.81. The van der Waals surface area contributed by atoms with Crippen LogP contribution >= 0.6 is 0 Å². The first-order valence-electron chi connectivity index (χ1n) is 8.92. The predicted molar refractivity (Wildman–Crippen MR) is 94.9 cm³/mol. The number of amides is 1. The molecule has 4 heteroatoms. The van der Waals surface area contributed by atoms with Crippen LogP contribution in [0, 0.1) is 5.41 Å². The third-order valence-electron chi connectivity index (χ3n) is 5.28. The smallest absolute Gasteiger partial charge is 0.227 e. The van der Waals surface area contributed by atoms with Crippen molar-refractivity contribution in [2.24, 2.45) is 11.1 Å². The molecule has 1 saturated heterocycles. The SMILES string of the molecule is CCC(CC)(CN)C(=O)NCc1cccc(CN2CCCC2)c1. The van der Waals surface area contributed by atoms with Gasteiger partial charge in [0.15, 0.2) is 0 Å². The molecule has 1 aromatic carbocycles. The number of rotatable bonds is 8. The fourth-order valence-electron chi connectivity index (χ4n) is 3.36. The molecule has 0 aromatic heterocycles. The minimum Gasteiger partial charge on any atom is -0.352 e. The maximum Gasteiger partial charge on any atom is 0.227 e. The zero-order valence-electron chi connectivity index (χ0n) is 14.6. The highest BCUT2D eigenvalue weighted by Crippen LogP contribution is 2.25. The molecule has 0 aliphatic carbocycles. The summed E-state index contributed by atoms with van der Waals surface area (Å²) in [4.78, 5) is 15.0. The second kappa shape index (κ2) is 8.46. The van der Waals surface area contributed by atoms with Gasteiger partial charge in [-0.25, -0.2) is 0 Å². The Balaban J connectivity index is 1.93. The highest BCUT2D eigenvalue weighted by molar-refractivity contribution is 5.82. The first-order valence-corrected chi connectivity index (χ1v) is 8.92. The first-order chi connectivity index (χ1) is 11.1. The molecule has 0 unspecified atom stereocenters. The van der Waals surface area contributed by atoms with E-state index < -0.39 is 5.41 Å². The van der Waals surface area contributed by atoms with E-state index in [0.717, 1.165) is 24.9 Å². The lowest BCUT2D eigenvalue weighted by Crippen LogP contribution is -2.45. The molecule has 2 rings (SSSR count). The zero-order chi connectivity index (χ0) is 16.7. The van der Waals surface area contributed by atoms with Gasteiger partial charge in [-0.1, -0.05) is 38.1 Å². The predicted octanol–water partition coefficient (Wildman–Crippen LogP) is 2.66. The van der Waals surface area contributed by atoms with Crippen LogP contribution in [0.4, 0.5) is 0 Å². The summed E-state index contributed by atoms with van der Waals surface area (Å²) in [5.74, 6) is 0.0787. The number of nitrogens with two attached hydrogens (primary N) is 1. The van der Waals surface area contributed by atoms with E-state index in [9.17, 15) is 4.79 Å². The van der Waals surface area contributed by atoms with Crippen molar-refractivity contribution in [2.45, 2.75) is 52.6 Å². The molecule has 0 atom stereocenters. The maximum atomic E-state index is 12.5. The standard InChI is InChI=1S/C19H31N3O/c1-3-19(4-2,15-20)18(23)21-13-16-8-7-9-17(12-16)14-22-10-5-6-11-22/h7-9,12H,3-6,10-11,13-15,20H2,1-2H3,(H,21,23). The van der Waals surface area contributed by atoms with Crippen LogP contribution in [0.5, 0.6) is 0 Å². The van der Waals surface area contributed by atoms with Crippen molar-refractivity contribution in [2.75, 3.05) is 19.6 Å². The van der Waals surface area contributed by atoms with Gasteiger partial charge in [0, 0.05) is 19.6 Å². The molecule has 128 valence electrons. The minimum absolute atomic E-state index is 0.0787. The zero-order valence-corrected chi connectivity index (χ0v) is 14.6. The molecule has 0 spiro atoms. The van der Waals surface area contributed by atoms with E-state index in [1.807, 2.05) is 13.8 Å². The van der Waals surface area contributed by atoms with E-state index in [1.54, 1.807) is 0 Å². The Morgan fingerprint density at radius 2 is 1.87 bits per heavy atom. The number of likely N-dealkylation sites (tertiary alicyclic amines) is 1. The quantitative estimate of drug-likeness (QED) is 0.775.